The van der Waals surface area contributed by atoms with Crippen molar-refractivity contribution in [2.45, 2.75) is 103 Å². The first-order chi connectivity index (χ1) is 32.7. The van der Waals surface area contributed by atoms with Crippen LogP contribution < -0.4 is 0 Å². The van der Waals surface area contributed by atoms with Crippen molar-refractivity contribution in [3.8, 4) is 23.0 Å². The average molecular weight is 897 g/mol. The number of fused-ring (bicyclic) bond motifs is 8. The molecule has 8 bridgehead atoms. The van der Waals surface area contributed by atoms with Gasteiger partial charge in [0.2, 0.25) is 0 Å². The molecule has 0 amide bonds. The highest BCUT2D eigenvalue weighted by Gasteiger charge is 2.31. The van der Waals surface area contributed by atoms with Crippen LogP contribution >= 0.6 is 0 Å². The second-order valence-corrected chi connectivity index (χ2v) is 20.3. The van der Waals surface area contributed by atoms with Gasteiger partial charge in [-0.2, -0.15) is 0 Å². The van der Waals surface area contributed by atoms with Crippen LogP contribution in [0, 0.1) is 0 Å². The minimum Gasteiger partial charge on any atom is -0.508 e. The van der Waals surface area contributed by atoms with E-state index < -0.39 is 17.8 Å². The monoisotopic (exact) mass is 896 g/mol. The third-order valence-corrected chi connectivity index (χ3v) is 14.5. The van der Waals surface area contributed by atoms with Gasteiger partial charge in [-0.15, -0.1) is 0 Å². The Kier molecular flexibility index (Phi) is 12.8. The van der Waals surface area contributed by atoms with Gasteiger partial charge in [0.1, 0.15) is 23.0 Å². The summed E-state index contributed by atoms with van der Waals surface area (Å²) in [5, 5.41) is 48.7. The molecule has 0 aromatic heterocycles. The maximum Gasteiger partial charge on any atom is 0.123 e. The second-order valence-electron chi connectivity index (χ2n) is 20.3. The number of rotatable bonds is 8. The highest BCUT2D eigenvalue weighted by Crippen LogP contribution is 2.49. The molecule has 4 nitrogen and oxygen atoms in total. The molecule has 4 atom stereocenters. The first-order valence-corrected chi connectivity index (χ1v) is 24.4. The predicted molar refractivity (Wildman–Crippen MR) is 278 cm³/mol. The molecule has 0 spiro atoms. The van der Waals surface area contributed by atoms with Crippen LogP contribution in [0.25, 0.3) is 0 Å². The van der Waals surface area contributed by atoms with Gasteiger partial charge in [-0.05, 0) is 109 Å². The van der Waals surface area contributed by atoms with Gasteiger partial charge < -0.3 is 20.4 Å². The van der Waals surface area contributed by atoms with E-state index in [4.69, 9.17) is 0 Å². The molecule has 0 fully saturated rings. The summed E-state index contributed by atoms with van der Waals surface area (Å²) in [6, 6.07) is 58.5. The molecule has 4 heteroatoms. The molecule has 3 unspecified atom stereocenters. The number of aromatic hydroxyl groups is 4. The zero-order chi connectivity index (χ0) is 48.0. The number of phenolic OH excluding ortho intramolecular Hbond substituents is 4. The molecular weight excluding hydrogens is 833 g/mol. The van der Waals surface area contributed by atoms with Gasteiger partial charge in [0, 0.05) is 52.0 Å². The van der Waals surface area contributed by atoms with E-state index in [0.29, 0.717) is 40.4 Å². The lowest BCUT2D eigenvalue weighted by atomic mass is 9.75. The molecule has 344 valence electrons. The zero-order valence-corrected chi connectivity index (χ0v) is 40.6. The quantitative estimate of drug-likeness (QED) is 0.122. The van der Waals surface area contributed by atoms with Crippen molar-refractivity contribution in [2.24, 2.45) is 0 Å². The second kappa shape index (κ2) is 18.9. The normalized spacial score (nSPS) is 17.0. The maximum absolute atomic E-state index is 12.2. The molecular formula is C64H64O4. The zero-order valence-electron chi connectivity index (χ0n) is 40.6. The Balaban J connectivity index is 1.40. The lowest BCUT2D eigenvalue weighted by molar-refractivity contribution is 0.440. The molecule has 8 aromatic rings. The van der Waals surface area contributed by atoms with Gasteiger partial charge in [-0.1, -0.05) is 201 Å². The van der Waals surface area contributed by atoms with E-state index in [-0.39, 0.29) is 28.9 Å². The van der Waals surface area contributed by atoms with Crippen LogP contribution in [0.2, 0.25) is 0 Å². The molecule has 1 aliphatic carbocycles. The number of benzene rings is 8. The van der Waals surface area contributed by atoms with Gasteiger partial charge in [-0.25, -0.2) is 0 Å². The Morgan fingerprint density at radius 1 is 0.250 bits per heavy atom. The lowest BCUT2D eigenvalue weighted by Crippen LogP contribution is -2.12. The molecule has 1 aliphatic rings. The summed E-state index contributed by atoms with van der Waals surface area (Å²) in [5.41, 5.74) is 15.4. The van der Waals surface area contributed by atoms with Gasteiger partial charge >= 0.3 is 0 Å². The molecule has 9 rings (SSSR count). The van der Waals surface area contributed by atoms with E-state index in [0.717, 1.165) is 50.1 Å². The number of hydrogen-bond acceptors (Lipinski definition) is 4. The summed E-state index contributed by atoms with van der Waals surface area (Å²) in [7, 11) is 0. The maximum atomic E-state index is 12.2. The highest BCUT2D eigenvalue weighted by atomic mass is 16.3. The van der Waals surface area contributed by atoms with Crippen molar-refractivity contribution in [1.29, 1.82) is 0 Å². The summed E-state index contributed by atoms with van der Waals surface area (Å²) >= 11 is 0. The van der Waals surface area contributed by atoms with Crippen LogP contribution in [0.5, 0.6) is 23.0 Å². The van der Waals surface area contributed by atoms with Gasteiger partial charge in [-0.3, -0.25) is 0 Å². The molecule has 4 N–H and O–H groups in total. The van der Waals surface area contributed by atoms with Gasteiger partial charge in [0.25, 0.3) is 0 Å². The van der Waals surface area contributed by atoms with E-state index in [1.165, 1.54) is 28.3 Å². The number of phenols is 4. The van der Waals surface area contributed by atoms with Crippen molar-refractivity contribution < 1.29 is 20.4 Å². The molecule has 0 aliphatic heterocycles. The van der Waals surface area contributed by atoms with Crippen molar-refractivity contribution in [1.82, 2.24) is 0 Å². The van der Waals surface area contributed by atoms with Crippen LogP contribution in [0.3, 0.4) is 0 Å². The fraction of sp³-hybridized carbons (Fsp3) is 0.250. The summed E-state index contributed by atoms with van der Waals surface area (Å²) in [6.45, 7) is 17.5. The van der Waals surface area contributed by atoms with E-state index in [1.54, 1.807) is 6.07 Å². The average Bonchev–Trinajstić information content (AvgIpc) is 3.33. The van der Waals surface area contributed by atoms with E-state index >= 15 is 0 Å². The lowest BCUT2D eigenvalue weighted by Gasteiger charge is -2.29. The smallest absolute Gasteiger partial charge is 0.123 e. The van der Waals surface area contributed by atoms with E-state index in [1.807, 2.05) is 24.3 Å². The Morgan fingerprint density at radius 3 is 0.779 bits per heavy atom. The van der Waals surface area contributed by atoms with Crippen LogP contribution in [0.15, 0.2) is 170 Å². The Bertz CT molecular complexity index is 3000. The standard InChI is InChI=1S/C64H64O4/c1-37(2)41-12-20-45(21-13-41)61-49-10-9-11-50(32-49)62(46-22-14-42(15-23-46)38(3)4)55-35-56(60(68)36-59(55)67)64(48-26-18-44(19-27-48)40(7)8)52-29-31-58(66)54(34-52)63(51-28-30-57(65)53(61)33-51)47-24-16-43(17-25-47)39(5)6/h9-40,61-68H,1-8H3/t61?,62?,63?,64-/m0/s1. The fourth-order valence-electron chi connectivity index (χ4n) is 10.5. The number of hydrogen-bond donors (Lipinski definition) is 4. The minimum atomic E-state index is -0.490. The molecule has 0 heterocycles. The minimum absolute atomic E-state index is 0.00733. The van der Waals surface area contributed by atoms with Crippen molar-refractivity contribution in [3.05, 3.63) is 259 Å². The van der Waals surface area contributed by atoms with Gasteiger partial charge in [0.05, 0.1) is 0 Å². The first kappa shape index (κ1) is 46.1. The highest BCUT2D eigenvalue weighted by molar-refractivity contribution is 5.62. The third kappa shape index (κ3) is 8.93. The van der Waals surface area contributed by atoms with Crippen molar-refractivity contribution in [2.75, 3.05) is 0 Å². The Labute approximate surface area is 403 Å². The SMILES string of the molecule is CC(C)c1ccc(C2c3cccc(c3)C(c3ccc(C(C)C)cc3)c3cc(c(O)cc3O)[C@@H](c3ccc(C(C)C)cc3)c3ccc(O)c(c3)C(c3ccc(C(C)C)cc3)c3ccc(O)c2c3)cc1. The predicted octanol–water partition coefficient (Wildman–Crippen LogP) is 16.0. The molecule has 0 saturated carbocycles. The topological polar surface area (TPSA) is 80.9 Å². The largest absolute Gasteiger partial charge is 0.508 e. The van der Waals surface area contributed by atoms with E-state index in [9.17, 15) is 20.4 Å². The van der Waals surface area contributed by atoms with Crippen molar-refractivity contribution >= 4 is 0 Å². The first-order valence-electron chi connectivity index (χ1n) is 24.4. The molecule has 0 saturated heterocycles. The summed E-state index contributed by atoms with van der Waals surface area (Å²) in [5.74, 6) is -0.124. The van der Waals surface area contributed by atoms with Crippen LogP contribution in [-0.2, 0) is 0 Å². The fourth-order valence-corrected chi connectivity index (χ4v) is 10.5. The third-order valence-electron chi connectivity index (χ3n) is 14.5. The summed E-state index contributed by atoms with van der Waals surface area (Å²) in [4.78, 5) is 0. The van der Waals surface area contributed by atoms with Gasteiger partial charge in [0.15, 0.2) is 0 Å². The van der Waals surface area contributed by atoms with Crippen LogP contribution in [0.4, 0.5) is 0 Å². The van der Waals surface area contributed by atoms with Crippen LogP contribution in [-0.4, -0.2) is 20.4 Å². The Morgan fingerprint density at radius 2 is 0.500 bits per heavy atom. The Hall–Kier alpha value is -7.04. The molecule has 68 heavy (non-hydrogen) atoms. The molecule has 8 aromatic carbocycles. The summed E-state index contributed by atoms with van der Waals surface area (Å²) in [6.07, 6.45) is 0. The molecule has 0 radical (unpaired) electrons. The van der Waals surface area contributed by atoms with E-state index in [2.05, 4.69) is 189 Å². The van der Waals surface area contributed by atoms with Crippen LogP contribution in [0.1, 0.15) is 192 Å². The van der Waals surface area contributed by atoms with Crippen molar-refractivity contribution in [3.63, 3.8) is 0 Å². The summed E-state index contributed by atoms with van der Waals surface area (Å²) < 4.78 is 0.